The quantitative estimate of drug-likeness (QED) is 0.603. The van der Waals surface area contributed by atoms with Crippen LogP contribution in [0.2, 0.25) is 5.15 Å². The van der Waals surface area contributed by atoms with Crippen molar-refractivity contribution in [1.29, 1.82) is 0 Å². The molecule has 0 unspecified atom stereocenters. The van der Waals surface area contributed by atoms with Gasteiger partial charge in [-0.25, -0.2) is 4.98 Å². The van der Waals surface area contributed by atoms with E-state index in [1.165, 1.54) is 0 Å². The molecular formula is C14H10BrClF3NO. The fraction of sp³-hybridized carbons (Fsp3) is 0.214. The highest BCUT2D eigenvalue weighted by Crippen LogP contribution is 2.34. The number of aromatic nitrogens is 1. The Balaban J connectivity index is 2.38. The molecule has 7 heteroatoms. The molecule has 21 heavy (non-hydrogen) atoms. The molecular weight excluding hydrogens is 371 g/mol. The number of alkyl halides is 3. The van der Waals surface area contributed by atoms with Crippen molar-refractivity contribution in [1.82, 2.24) is 4.98 Å². The molecule has 0 N–H and O–H groups in total. The summed E-state index contributed by atoms with van der Waals surface area (Å²) < 4.78 is 44.5. The molecule has 0 aliphatic rings. The van der Waals surface area contributed by atoms with Crippen LogP contribution in [0.5, 0.6) is 11.6 Å². The second kappa shape index (κ2) is 5.85. The zero-order valence-electron chi connectivity index (χ0n) is 11.1. The van der Waals surface area contributed by atoms with Gasteiger partial charge in [0.15, 0.2) is 0 Å². The van der Waals surface area contributed by atoms with Gasteiger partial charge < -0.3 is 4.74 Å². The second-order valence-electron chi connectivity index (χ2n) is 4.49. The summed E-state index contributed by atoms with van der Waals surface area (Å²) >= 11 is 9.02. The van der Waals surface area contributed by atoms with Gasteiger partial charge in [-0.05, 0) is 43.2 Å². The normalized spacial score (nSPS) is 11.6. The SMILES string of the molecule is Cc1cc(Oc2cc(C(F)(F)F)cc(Cl)n2)cc(C)c1Br. The third-order valence-electron chi connectivity index (χ3n) is 2.73. The molecule has 0 aliphatic carbocycles. The van der Waals surface area contributed by atoms with Crippen LogP contribution in [0.3, 0.4) is 0 Å². The Morgan fingerprint density at radius 1 is 1.10 bits per heavy atom. The largest absolute Gasteiger partial charge is 0.439 e. The molecule has 1 heterocycles. The third kappa shape index (κ3) is 3.89. The maximum atomic E-state index is 12.7. The first-order chi connectivity index (χ1) is 9.66. The van der Waals surface area contributed by atoms with Crippen molar-refractivity contribution in [2.24, 2.45) is 0 Å². The summed E-state index contributed by atoms with van der Waals surface area (Å²) in [5.74, 6) is 0.201. The highest BCUT2D eigenvalue weighted by Gasteiger charge is 2.31. The summed E-state index contributed by atoms with van der Waals surface area (Å²) in [6.45, 7) is 3.72. The van der Waals surface area contributed by atoms with Gasteiger partial charge in [0.05, 0.1) is 5.56 Å². The standard InChI is InChI=1S/C14H10BrClF3NO/c1-7-3-10(4-8(2)13(7)15)21-12-6-9(14(17,18)19)5-11(16)20-12/h3-6H,1-2H3. The number of nitrogens with zero attached hydrogens (tertiary/aromatic N) is 1. The van der Waals surface area contributed by atoms with Crippen LogP contribution in [0.25, 0.3) is 0 Å². The van der Waals surface area contributed by atoms with Gasteiger partial charge in [0.1, 0.15) is 10.9 Å². The lowest BCUT2D eigenvalue weighted by molar-refractivity contribution is -0.137. The molecule has 2 rings (SSSR count). The van der Waals surface area contributed by atoms with E-state index in [0.29, 0.717) is 5.75 Å². The predicted molar refractivity (Wildman–Crippen MR) is 77.9 cm³/mol. The first-order valence-electron chi connectivity index (χ1n) is 5.86. The summed E-state index contributed by atoms with van der Waals surface area (Å²) in [5, 5.41) is -0.273. The van der Waals surface area contributed by atoms with Crippen LogP contribution < -0.4 is 4.74 Å². The van der Waals surface area contributed by atoms with Gasteiger partial charge in [-0.1, -0.05) is 27.5 Å². The molecule has 112 valence electrons. The molecule has 0 saturated carbocycles. The third-order valence-corrected chi connectivity index (χ3v) is 4.17. The Kier molecular flexibility index (Phi) is 4.49. The number of halogens is 5. The van der Waals surface area contributed by atoms with Crippen LogP contribution in [0, 0.1) is 13.8 Å². The summed E-state index contributed by atoms with van der Waals surface area (Å²) in [4.78, 5) is 3.76. The minimum atomic E-state index is -4.50. The number of aryl methyl sites for hydroxylation is 2. The van der Waals surface area contributed by atoms with Crippen LogP contribution >= 0.6 is 27.5 Å². The van der Waals surface area contributed by atoms with Gasteiger partial charge in [0.2, 0.25) is 5.88 Å². The van der Waals surface area contributed by atoms with E-state index in [0.717, 1.165) is 27.7 Å². The smallest absolute Gasteiger partial charge is 0.416 e. The first kappa shape index (κ1) is 16.1. The van der Waals surface area contributed by atoms with Crippen LogP contribution in [-0.4, -0.2) is 4.98 Å². The van der Waals surface area contributed by atoms with Crippen molar-refractivity contribution in [3.63, 3.8) is 0 Å². The molecule has 0 radical (unpaired) electrons. The van der Waals surface area contributed by atoms with E-state index in [-0.39, 0.29) is 11.0 Å². The van der Waals surface area contributed by atoms with Crippen molar-refractivity contribution in [3.8, 4) is 11.6 Å². The van der Waals surface area contributed by atoms with Crippen molar-refractivity contribution in [2.45, 2.75) is 20.0 Å². The molecule has 2 nitrogen and oxygen atoms in total. The molecule has 0 spiro atoms. The molecule has 0 saturated heterocycles. The Bertz CT molecular complexity index is 665. The number of hydrogen-bond donors (Lipinski definition) is 0. The highest BCUT2D eigenvalue weighted by atomic mass is 79.9. The van der Waals surface area contributed by atoms with Gasteiger partial charge in [-0.2, -0.15) is 13.2 Å². The maximum Gasteiger partial charge on any atom is 0.416 e. The average Bonchev–Trinajstić information content (AvgIpc) is 2.34. The van der Waals surface area contributed by atoms with Crippen LogP contribution in [-0.2, 0) is 6.18 Å². The second-order valence-corrected chi connectivity index (χ2v) is 5.67. The Labute approximate surface area is 133 Å². The van der Waals surface area contributed by atoms with Crippen molar-refractivity contribution in [2.75, 3.05) is 0 Å². The number of hydrogen-bond acceptors (Lipinski definition) is 2. The van der Waals surface area contributed by atoms with E-state index in [9.17, 15) is 13.2 Å². The summed E-state index contributed by atoms with van der Waals surface area (Å²) in [7, 11) is 0. The number of ether oxygens (including phenoxy) is 1. The number of rotatable bonds is 2. The zero-order valence-corrected chi connectivity index (χ0v) is 13.4. The van der Waals surface area contributed by atoms with Crippen molar-refractivity contribution in [3.05, 3.63) is 50.6 Å². The molecule has 2 aromatic rings. The lowest BCUT2D eigenvalue weighted by atomic mass is 10.1. The van der Waals surface area contributed by atoms with E-state index in [1.54, 1.807) is 12.1 Å². The fourth-order valence-corrected chi connectivity index (χ4v) is 2.20. The van der Waals surface area contributed by atoms with Crippen LogP contribution in [0.15, 0.2) is 28.7 Å². The molecule has 1 aromatic carbocycles. The Morgan fingerprint density at radius 3 is 2.19 bits per heavy atom. The molecule has 0 bridgehead atoms. The lowest BCUT2D eigenvalue weighted by Gasteiger charge is -2.12. The molecule has 0 aliphatic heterocycles. The lowest BCUT2D eigenvalue weighted by Crippen LogP contribution is -2.05. The van der Waals surface area contributed by atoms with E-state index in [2.05, 4.69) is 20.9 Å². The first-order valence-corrected chi connectivity index (χ1v) is 7.03. The number of pyridine rings is 1. The van der Waals surface area contributed by atoms with Gasteiger partial charge in [-0.3, -0.25) is 0 Å². The van der Waals surface area contributed by atoms with Gasteiger partial charge >= 0.3 is 6.18 Å². The van der Waals surface area contributed by atoms with Crippen molar-refractivity contribution >= 4 is 27.5 Å². The Morgan fingerprint density at radius 2 is 1.67 bits per heavy atom. The zero-order chi connectivity index (χ0) is 15.8. The molecule has 0 atom stereocenters. The maximum absolute atomic E-state index is 12.7. The monoisotopic (exact) mass is 379 g/mol. The summed E-state index contributed by atoms with van der Waals surface area (Å²) in [5.41, 5.74) is 0.911. The predicted octanol–water partition coefficient (Wildman–Crippen LogP) is 5.93. The van der Waals surface area contributed by atoms with Crippen LogP contribution in [0.1, 0.15) is 16.7 Å². The van der Waals surface area contributed by atoms with Gasteiger partial charge in [-0.15, -0.1) is 0 Å². The minimum absolute atomic E-state index is 0.198. The van der Waals surface area contributed by atoms with Gasteiger partial charge in [0.25, 0.3) is 0 Å². The van der Waals surface area contributed by atoms with Crippen molar-refractivity contribution < 1.29 is 17.9 Å². The highest BCUT2D eigenvalue weighted by molar-refractivity contribution is 9.10. The summed E-state index contributed by atoms with van der Waals surface area (Å²) in [6.07, 6.45) is -4.50. The summed E-state index contributed by atoms with van der Waals surface area (Å²) in [6, 6.07) is 4.98. The van der Waals surface area contributed by atoms with E-state index >= 15 is 0 Å². The topological polar surface area (TPSA) is 22.1 Å². The fourth-order valence-electron chi connectivity index (χ4n) is 1.77. The molecule has 1 aromatic heterocycles. The van der Waals surface area contributed by atoms with E-state index in [1.807, 2.05) is 13.8 Å². The average molecular weight is 381 g/mol. The van der Waals surface area contributed by atoms with Gasteiger partial charge in [0, 0.05) is 10.5 Å². The van der Waals surface area contributed by atoms with E-state index in [4.69, 9.17) is 16.3 Å². The molecule has 0 fully saturated rings. The minimum Gasteiger partial charge on any atom is -0.439 e. The Hall–Kier alpha value is -1.27. The number of benzene rings is 1. The van der Waals surface area contributed by atoms with Crippen LogP contribution in [0.4, 0.5) is 13.2 Å². The van der Waals surface area contributed by atoms with E-state index < -0.39 is 11.7 Å². The molecule has 0 amide bonds.